The van der Waals surface area contributed by atoms with Gasteiger partial charge in [-0.2, -0.15) is 0 Å². The van der Waals surface area contributed by atoms with Crippen LogP contribution in [0.25, 0.3) is 17.2 Å². The highest BCUT2D eigenvalue weighted by atomic mass is 19.1. The number of aryl methyl sites for hydroxylation is 1. The van der Waals surface area contributed by atoms with Crippen LogP contribution in [0.15, 0.2) is 84.6 Å². The van der Waals surface area contributed by atoms with Gasteiger partial charge in [0.2, 0.25) is 11.7 Å². The molecule has 0 atom stereocenters. The zero-order valence-corrected chi connectivity index (χ0v) is 23.9. The topological polar surface area (TPSA) is 78.8 Å². The molecule has 0 radical (unpaired) electrons. The van der Waals surface area contributed by atoms with Crippen LogP contribution in [-0.2, 0) is 18.4 Å². The molecule has 0 saturated heterocycles. The molecule has 0 saturated carbocycles. The summed E-state index contributed by atoms with van der Waals surface area (Å²) in [7, 11) is 4.89. The predicted molar refractivity (Wildman–Crippen MR) is 160 cm³/mol. The van der Waals surface area contributed by atoms with Gasteiger partial charge in [-0.15, -0.1) is 0 Å². The molecule has 3 aromatic carbocycles. The maximum absolute atomic E-state index is 14.4. The SMILES string of the molecule is COc1cc(/C=C2/C(C)=C(CC(=O)NCc3cccn3C)c3cc(F)ccc32)cc(OC)c1OC(=O)c1ccccc1. The van der Waals surface area contributed by atoms with Gasteiger partial charge in [-0.1, -0.05) is 24.3 Å². The van der Waals surface area contributed by atoms with E-state index in [1.54, 1.807) is 42.5 Å². The van der Waals surface area contributed by atoms with Crippen LogP contribution >= 0.6 is 0 Å². The van der Waals surface area contributed by atoms with Gasteiger partial charge in [0, 0.05) is 18.9 Å². The number of halogens is 1. The normalized spacial score (nSPS) is 13.2. The molecule has 8 heteroatoms. The third-order valence-electron chi connectivity index (χ3n) is 7.31. The first-order valence-corrected chi connectivity index (χ1v) is 13.4. The monoisotopic (exact) mass is 566 g/mol. The summed E-state index contributed by atoms with van der Waals surface area (Å²) in [4.78, 5) is 25.7. The minimum absolute atomic E-state index is 0.102. The van der Waals surface area contributed by atoms with E-state index in [-0.39, 0.29) is 23.9 Å². The van der Waals surface area contributed by atoms with Crippen LogP contribution in [0.4, 0.5) is 4.39 Å². The van der Waals surface area contributed by atoms with E-state index in [0.717, 1.165) is 28.0 Å². The smallest absolute Gasteiger partial charge is 0.343 e. The third kappa shape index (κ3) is 5.83. The van der Waals surface area contributed by atoms with E-state index >= 15 is 0 Å². The number of nitrogens with zero attached hydrogens (tertiary/aromatic N) is 1. The van der Waals surface area contributed by atoms with Crippen LogP contribution in [0.2, 0.25) is 0 Å². The summed E-state index contributed by atoms with van der Waals surface area (Å²) in [6.07, 6.45) is 3.95. The number of hydrogen-bond acceptors (Lipinski definition) is 5. The number of ether oxygens (including phenoxy) is 3. The summed E-state index contributed by atoms with van der Waals surface area (Å²) in [6.45, 7) is 2.32. The Morgan fingerprint density at radius 3 is 2.29 bits per heavy atom. The molecule has 1 aromatic heterocycles. The van der Waals surface area contributed by atoms with E-state index in [1.165, 1.54) is 26.4 Å². The summed E-state index contributed by atoms with van der Waals surface area (Å²) in [5, 5.41) is 2.97. The van der Waals surface area contributed by atoms with Crippen molar-refractivity contribution in [3.05, 3.63) is 118 Å². The number of esters is 1. The number of benzene rings is 3. The largest absolute Gasteiger partial charge is 0.493 e. The third-order valence-corrected chi connectivity index (χ3v) is 7.31. The molecule has 214 valence electrons. The van der Waals surface area contributed by atoms with E-state index in [2.05, 4.69) is 5.32 Å². The Hall–Kier alpha value is -5.11. The van der Waals surface area contributed by atoms with Gasteiger partial charge in [0.05, 0.1) is 32.7 Å². The maximum atomic E-state index is 14.4. The van der Waals surface area contributed by atoms with Crippen LogP contribution in [0.3, 0.4) is 0 Å². The van der Waals surface area contributed by atoms with Crippen molar-refractivity contribution in [3.63, 3.8) is 0 Å². The molecule has 1 aliphatic carbocycles. The first kappa shape index (κ1) is 28.4. The molecular weight excluding hydrogens is 535 g/mol. The molecule has 4 aromatic rings. The number of hydrogen-bond donors (Lipinski definition) is 1. The number of nitrogens with one attached hydrogen (secondary N) is 1. The number of carbonyl (C=O) groups excluding carboxylic acids is 2. The van der Waals surface area contributed by atoms with Gasteiger partial charge >= 0.3 is 5.97 Å². The number of rotatable bonds is 9. The van der Waals surface area contributed by atoms with E-state index in [0.29, 0.717) is 34.7 Å². The van der Waals surface area contributed by atoms with Gasteiger partial charge in [0.25, 0.3) is 0 Å². The van der Waals surface area contributed by atoms with E-state index in [1.807, 2.05) is 49.0 Å². The molecule has 1 N–H and O–H groups in total. The molecule has 1 aliphatic rings. The van der Waals surface area contributed by atoms with Crippen molar-refractivity contribution in [2.45, 2.75) is 19.9 Å². The van der Waals surface area contributed by atoms with Gasteiger partial charge in [0.1, 0.15) is 5.82 Å². The number of amides is 1. The van der Waals surface area contributed by atoms with Crippen LogP contribution in [0, 0.1) is 5.82 Å². The van der Waals surface area contributed by atoms with Crippen molar-refractivity contribution in [1.29, 1.82) is 0 Å². The highest BCUT2D eigenvalue weighted by Crippen LogP contribution is 2.45. The fraction of sp³-hybridized carbons (Fsp3) is 0.176. The van der Waals surface area contributed by atoms with E-state index < -0.39 is 5.97 Å². The molecule has 0 bridgehead atoms. The number of allylic oxidation sites excluding steroid dienone is 2. The Balaban J connectivity index is 1.47. The Morgan fingerprint density at radius 1 is 0.929 bits per heavy atom. The Morgan fingerprint density at radius 2 is 1.64 bits per heavy atom. The van der Waals surface area contributed by atoms with Crippen LogP contribution in [-0.4, -0.2) is 30.7 Å². The van der Waals surface area contributed by atoms with E-state index in [4.69, 9.17) is 14.2 Å². The first-order chi connectivity index (χ1) is 20.3. The molecule has 0 spiro atoms. The molecule has 1 amide bonds. The van der Waals surface area contributed by atoms with E-state index in [9.17, 15) is 14.0 Å². The van der Waals surface area contributed by atoms with Gasteiger partial charge in [-0.05, 0) is 94.9 Å². The zero-order valence-electron chi connectivity index (χ0n) is 23.9. The molecule has 0 fully saturated rings. The van der Waals surface area contributed by atoms with Crippen molar-refractivity contribution in [3.8, 4) is 17.2 Å². The lowest BCUT2D eigenvalue weighted by Gasteiger charge is -2.15. The summed E-state index contributed by atoms with van der Waals surface area (Å²) in [5.74, 6) is -0.298. The van der Waals surface area contributed by atoms with Crippen molar-refractivity contribution in [2.24, 2.45) is 7.05 Å². The quantitative estimate of drug-likeness (QED) is 0.187. The first-order valence-electron chi connectivity index (χ1n) is 13.4. The second-order valence-electron chi connectivity index (χ2n) is 9.93. The molecule has 42 heavy (non-hydrogen) atoms. The van der Waals surface area contributed by atoms with Gasteiger partial charge in [-0.25, -0.2) is 9.18 Å². The number of fused-ring (bicyclic) bond motifs is 1. The summed E-state index contributed by atoms with van der Waals surface area (Å²) >= 11 is 0. The number of aromatic nitrogens is 1. The lowest BCUT2D eigenvalue weighted by Crippen LogP contribution is -2.23. The molecule has 0 aliphatic heterocycles. The maximum Gasteiger partial charge on any atom is 0.343 e. The average molecular weight is 567 g/mol. The van der Waals surface area contributed by atoms with Crippen molar-refractivity contribution in [1.82, 2.24) is 9.88 Å². The number of methoxy groups -OCH3 is 2. The fourth-order valence-electron chi connectivity index (χ4n) is 5.05. The van der Waals surface area contributed by atoms with Gasteiger partial charge in [0.15, 0.2) is 11.5 Å². The molecule has 5 rings (SSSR count). The summed E-state index contributed by atoms with van der Waals surface area (Å²) in [5.41, 5.74) is 6.04. The molecule has 0 unspecified atom stereocenters. The minimum Gasteiger partial charge on any atom is -0.493 e. The van der Waals surface area contributed by atoms with Gasteiger partial charge < -0.3 is 24.1 Å². The van der Waals surface area contributed by atoms with Crippen LogP contribution < -0.4 is 19.5 Å². The van der Waals surface area contributed by atoms with Crippen molar-refractivity contribution in [2.75, 3.05) is 14.2 Å². The van der Waals surface area contributed by atoms with Gasteiger partial charge in [-0.3, -0.25) is 4.79 Å². The Labute approximate surface area is 243 Å². The van der Waals surface area contributed by atoms with Crippen molar-refractivity contribution < 1.29 is 28.2 Å². The Bertz CT molecular complexity index is 1690. The lowest BCUT2D eigenvalue weighted by atomic mass is 10.00. The molecule has 1 heterocycles. The highest BCUT2D eigenvalue weighted by molar-refractivity contribution is 6.08. The number of carbonyl (C=O) groups is 2. The second kappa shape index (κ2) is 12.2. The summed E-state index contributed by atoms with van der Waals surface area (Å²) < 4.78 is 33.2. The molecular formula is C34H31FN2O5. The zero-order chi connectivity index (χ0) is 29.8. The lowest BCUT2D eigenvalue weighted by molar-refractivity contribution is -0.120. The average Bonchev–Trinajstić information content (AvgIpc) is 3.52. The molecule has 7 nitrogen and oxygen atoms in total. The highest BCUT2D eigenvalue weighted by Gasteiger charge is 2.26. The Kier molecular flexibility index (Phi) is 8.24. The van der Waals surface area contributed by atoms with Crippen LogP contribution in [0.5, 0.6) is 17.2 Å². The summed E-state index contributed by atoms with van der Waals surface area (Å²) in [6, 6.07) is 20.6. The fourth-order valence-corrected chi connectivity index (χ4v) is 5.05. The second-order valence-corrected chi connectivity index (χ2v) is 9.93. The minimum atomic E-state index is -0.543. The standard InChI is InChI=1S/C34H31FN2O5/c1-21-27(15-22-16-30(40-3)33(31(17-22)41-4)42-34(39)23-9-6-5-7-10-23)26-13-12-24(35)18-29(26)28(21)19-32(38)36-20-25-11-8-14-37(25)2/h5-18H,19-20H2,1-4H3,(H,36,38)/b27-15-. The predicted octanol–water partition coefficient (Wildman–Crippen LogP) is 6.43. The van der Waals surface area contributed by atoms with Crippen LogP contribution in [0.1, 0.15) is 46.1 Å². The van der Waals surface area contributed by atoms with Crippen molar-refractivity contribution >= 4 is 29.1 Å².